The van der Waals surface area contributed by atoms with E-state index in [1.54, 1.807) is 0 Å². The Morgan fingerprint density at radius 3 is 2.57 bits per heavy atom. The molecule has 0 aliphatic heterocycles. The van der Waals surface area contributed by atoms with Crippen molar-refractivity contribution in [1.82, 2.24) is 5.32 Å². The van der Waals surface area contributed by atoms with Crippen LogP contribution in [0.25, 0.3) is 0 Å². The standard InChI is InChI=1S/C16H26N4.HI/c1-4-20(15-9-6-5-7-10-15)12-8-11-18-16(17)19-13-14(2)3;/h5-7,9-10H,2,4,8,11-13H2,1,3H3,(H3,17,18,19);1H. The van der Waals surface area contributed by atoms with Gasteiger partial charge < -0.3 is 16.0 Å². The summed E-state index contributed by atoms with van der Waals surface area (Å²) in [7, 11) is 0. The Morgan fingerprint density at radius 2 is 2.00 bits per heavy atom. The van der Waals surface area contributed by atoms with E-state index in [9.17, 15) is 0 Å². The Labute approximate surface area is 145 Å². The minimum atomic E-state index is 0. The van der Waals surface area contributed by atoms with Crippen LogP contribution in [0.15, 0.2) is 47.5 Å². The third-order valence-electron chi connectivity index (χ3n) is 2.93. The number of hydrogen-bond donors (Lipinski definition) is 2. The summed E-state index contributed by atoms with van der Waals surface area (Å²) in [5, 5.41) is 3.13. The van der Waals surface area contributed by atoms with Crippen molar-refractivity contribution in [3.63, 3.8) is 0 Å². The van der Waals surface area contributed by atoms with E-state index in [4.69, 9.17) is 5.73 Å². The second kappa shape index (κ2) is 11.4. The van der Waals surface area contributed by atoms with Gasteiger partial charge in [0.05, 0.1) is 6.54 Å². The van der Waals surface area contributed by atoms with Gasteiger partial charge in [-0.2, -0.15) is 0 Å². The van der Waals surface area contributed by atoms with Crippen molar-refractivity contribution in [1.29, 1.82) is 0 Å². The molecule has 0 saturated heterocycles. The van der Waals surface area contributed by atoms with Crippen LogP contribution in [0, 0.1) is 0 Å². The van der Waals surface area contributed by atoms with Gasteiger partial charge in [-0.25, -0.2) is 4.99 Å². The van der Waals surface area contributed by atoms with Gasteiger partial charge in [0, 0.05) is 25.3 Å². The molecule has 0 aliphatic rings. The molecule has 0 bridgehead atoms. The quantitative estimate of drug-likeness (QED) is 0.231. The first-order valence-electron chi connectivity index (χ1n) is 7.11. The molecule has 0 spiro atoms. The average Bonchev–Trinajstić information content (AvgIpc) is 2.46. The number of guanidine groups is 1. The van der Waals surface area contributed by atoms with E-state index in [2.05, 4.69) is 53.0 Å². The zero-order valence-electron chi connectivity index (χ0n) is 13.0. The summed E-state index contributed by atoms with van der Waals surface area (Å²) in [5.41, 5.74) is 8.04. The highest BCUT2D eigenvalue weighted by Gasteiger charge is 2.02. The lowest BCUT2D eigenvalue weighted by Crippen LogP contribution is -2.34. The molecule has 0 radical (unpaired) electrons. The van der Waals surface area contributed by atoms with Crippen molar-refractivity contribution < 1.29 is 0 Å². The second-order valence-corrected chi connectivity index (χ2v) is 4.85. The highest BCUT2D eigenvalue weighted by atomic mass is 127. The van der Waals surface area contributed by atoms with Gasteiger partial charge in [-0.3, -0.25) is 0 Å². The van der Waals surface area contributed by atoms with Crippen molar-refractivity contribution in [2.75, 3.05) is 31.1 Å². The molecule has 5 heteroatoms. The molecule has 0 aromatic heterocycles. The number of hydrogen-bond acceptors (Lipinski definition) is 2. The Bertz CT molecular complexity index is 431. The molecule has 1 rings (SSSR count). The predicted octanol–water partition coefficient (Wildman–Crippen LogP) is 3.00. The van der Waals surface area contributed by atoms with Gasteiger partial charge in [0.1, 0.15) is 0 Å². The monoisotopic (exact) mass is 402 g/mol. The number of para-hydroxylation sites is 1. The largest absolute Gasteiger partial charge is 0.372 e. The van der Waals surface area contributed by atoms with E-state index in [1.807, 2.05) is 13.0 Å². The lowest BCUT2D eigenvalue weighted by atomic mass is 10.2. The summed E-state index contributed by atoms with van der Waals surface area (Å²) in [4.78, 5) is 6.54. The van der Waals surface area contributed by atoms with Gasteiger partial charge in [-0.1, -0.05) is 30.4 Å². The first-order chi connectivity index (χ1) is 9.63. The zero-order valence-corrected chi connectivity index (χ0v) is 15.3. The topological polar surface area (TPSA) is 53.6 Å². The molecule has 1 aromatic rings. The van der Waals surface area contributed by atoms with E-state index in [0.717, 1.165) is 31.6 Å². The van der Waals surface area contributed by atoms with Crippen LogP contribution in [0.1, 0.15) is 20.3 Å². The Kier molecular flexibility index (Phi) is 10.7. The van der Waals surface area contributed by atoms with Crippen LogP contribution in [0.5, 0.6) is 0 Å². The maximum absolute atomic E-state index is 5.77. The number of nitrogens with one attached hydrogen (secondary N) is 1. The number of nitrogens with two attached hydrogens (primary N) is 1. The van der Waals surface area contributed by atoms with Crippen molar-refractivity contribution in [3.8, 4) is 0 Å². The molecule has 1 aromatic carbocycles. The summed E-state index contributed by atoms with van der Waals surface area (Å²) in [6, 6.07) is 10.5. The molecule has 21 heavy (non-hydrogen) atoms. The number of nitrogens with zero attached hydrogens (tertiary/aromatic N) is 2. The Balaban J connectivity index is 0.00000400. The number of anilines is 1. The molecule has 0 heterocycles. The van der Waals surface area contributed by atoms with Crippen LogP contribution >= 0.6 is 24.0 Å². The molecule has 0 unspecified atom stereocenters. The van der Waals surface area contributed by atoms with Crippen LogP contribution in [0.4, 0.5) is 5.69 Å². The van der Waals surface area contributed by atoms with E-state index in [-0.39, 0.29) is 24.0 Å². The molecule has 3 N–H and O–H groups in total. The second-order valence-electron chi connectivity index (χ2n) is 4.85. The van der Waals surface area contributed by atoms with Crippen LogP contribution < -0.4 is 16.0 Å². The molecular weight excluding hydrogens is 375 g/mol. The maximum atomic E-state index is 5.77. The smallest absolute Gasteiger partial charge is 0.188 e. The summed E-state index contributed by atoms with van der Waals surface area (Å²) in [6.45, 7) is 11.3. The number of halogens is 1. The number of rotatable bonds is 8. The number of benzene rings is 1. The first-order valence-corrected chi connectivity index (χ1v) is 7.11. The Hall–Kier alpha value is -1.24. The lowest BCUT2D eigenvalue weighted by Gasteiger charge is -2.23. The van der Waals surface area contributed by atoms with Gasteiger partial charge in [-0.05, 0) is 32.4 Å². The van der Waals surface area contributed by atoms with Crippen LogP contribution in [0.2, 0.25) is 0 Å². The zero-order chi connectivity index (χ0) is 14.8. The van der Waals surface area contributed by atoms with Gasteiger partial charge in [0.2, 0.25) is 0 Å². The van der Waals surface area contributed by atoms with Gasteiger partial charge in [0.15, 0.2) is 5.96 Å². The third kappa shape index (κ3) is 8.60. The van der Waals surface area contributed by atoms with E-state index >= 15 is 0 Å². The summed E-state index contributed by atoms with van der Waals surface area (Å²) < 4.78 is 0. The minimum Gasteiger partial charge on any atom is -0.372 e. The lowest BCUT2D eigenvalue weighted by molar-refractivity contribution is 0.721. The Morgan fingerprint density at radius 1 is 1.33 bits per heavy atom. The fourth-order valence-corrected chi connectivity index (χ4v) is 1.87. The molecule has 0 saturated carbocycles. The van der Waals surface area contributed by atoms with Crippen molar-refractivity contribution >= 4 is 35.6 Å². The molecular formula is C16H27IN4. The third-order valence-corrected chi connectivity index (χ3v) is 2.93. The number of aliphatic imine (C=N–C) groups is 1. The van der Waals surface area contributed by atoms with E-state index in [0.29, 0.717) is 12.5 Å². The molecule has 0 fully saturated rings. The molecule has 0 amide bonds. The first kappa shape index (κ1) is 19.8. The van der Waals surface area contributed by atoms with Crippen molar-refractivity contribution in [3.05, 3.63) is 42.5 Å². The van der Waals surface area contributed by atoms with E-state index in [1.165, 1.54) is 5.69 Å². The molecule has 118 valence electrons. The van der Waals surface area contributed by atoms with E-state index < -0.39 is 0 Å². The van der Waals surface area contributed by atoms with Gasteiger partial charge in [-0.15, -0.1) is 24.0 Å². The molecule has 4 nitrogen and oxygen atoms in total. The van der Waals surface area contributed by atoms with Crippen LogP contribution in [0.3, 0.4) is 0 Å². The van der Waals surface area contributed by atoms with Crippen molar-refractivity contribution in [2.45, 2.75) is 20.3 Å². The summed E-state index contributed by atoms with van der Waals surface area (Å²) in [5.74, 6) is 0.496. The normalized spacial score (nSPS) is 10.7. The van der Waals surface area contributed by atoms with Crippen LogP contribution in [-0.2, 0) is 0 Å². The van der Waals surface area contributed by atoms with Crippen LogP contribution in [-0.4, -0.2) is 32.1 Å². The van der Waals surface area contributed by atoms with Gasteiger partial charge >= 0.3 is 0 Å². The minimum absolute atomic E-state index is 0. The fraction of sp³-hybridized carbons (Fsp3) is 0.438. The fourth-order valence-electron chi connectivity index (χ4n) is 1.87. The SMILES string of the molecule is C=C(C)CN=C(N)NCCCN(CC)c1ccccc1.I. The summed E-state index contributed by atoms with van der Waals surface area (Å²) in [6.07, 6.45) is 1.02. The maximum Gasteiger partial charge on any atom is 0.188 e. The predicted molar refractivity (Wildman–Crippen MR) is 104 cm³/mol. The molecule has 0 atom stereocenters. The van der Waals surface area contributed by atoms with Crippen molar-refractivity contribution in [2.24, 2.45) is 10.7 Å². The molecule has 0 aliphatic carbocycles. The van der Waals surface area contributed by atoms with Gasteiger partial charge in [0.25, 0.3) is 0 Å². The highest BCUT2D eigenvalue weighted by molar-refractivity contribution is 14.0. The average molecular weight is 402 g/mol. The highest BCUT2D eigenvalue weighted by Crippen LogP contribution is 2.12. The summed E-state index contributed by atoms with van der Waals surface area (Å²) >= 11 is 0.